The van der Waals surface area contributed by atoms with Crippen LogP contribution in [-0.2, 0) is 6.54 Å². The van der Waals surface area contributed by atoms with Crippen LogP contribution in [0.2, 0.25) is 0 Å². The topological polar surface area (TPSA) is 42.7 Å². The number of pyridine rings is 1. The van der Waals surface area contributed by atoms with Crippen molar-refractivity contribution < 1.29 is 0 Å². The molecular formula is C12H16N4. The molecule has 0 bridgehead atoms. The van der Waals surface area contributed by atoms with Crippen LogP contribution in [0.3, 0.4) is 0 Å². The summed E-state index contributed by atoms with van der Waals surface area (Å²) in [5.74, 6) is 0. The first-order chi connectivity index (χ1) is 7.90. The van der Waals surface area contributed by atoms with Gasteiger partial charge in [-0.2, -0.15) is 0 Å². The van der Waals surface area contributed by atoms with Crippen molar-refractivity contribution >= 4 is 0 Å². The molecule has 0 aliphatic carbocycles. The summed E-state index contributed by atoms with van der Waals surface area (Å²) in [6.45, 7) is 4.00. The second-order valence-electron chi connectivity index (χ2n) is 3.65. The van der Waals surface area contributed by atoms with E-state index in [2.05, 4.69) is 28.3 Å². The van der Waals surface area contributed by atoms with E-state index < -0.39 is 0 Å². The molecule has 2 aromatic rings. The van der Waals surface area contributed by atoms with Crippen LogP contribution in [0.5, 0.6) is 0 Å². The van der Waals surface area contributed by atoms with E-state index >= 15 is 0 Å². The van der Waals surface area contributed by atoms with Gasteiger partial charge in [0.05, 0.1) is 12.0 Å². The molecule has 0 saturated heterocycles. The van der Waals surface area contributed by atoms with E-state index in [0.717, 1.165) is 30.9 Å². The fourth-order valence-electron chi connectivity index (χ4n) is 1.53. The molecule has 2 aromatic heterocycles. The maximum absolute atomic E-state index is 4.32. The van der Waals surface area contributed by atoms with Crippen LogP contribution in [0, 0.1) is 0 Å². The van der Waals surface area contributed by atoms with Crippen LogP contribution >= 0.6 is 0 Å². The van der Waals surface area contributed by atoms with Gasteiger partial charge >= 0.3 is 0 Å². The predicted molar refractivity (Wildman–Crippen MR) is 63.4 cm³/mol. The predicted octanol–water partition coefficient (Wildman–Crippen LogP) is 1.77. The summed E-state index contributed by atoms with van der Waals surface area (Å²) in [7, 11) is 0. The monoisotopic (exact) mass is 216 g/mol. The van der Waals surface area contributed by atoms with Gasteiger partial charge in [0.2, 0.25) is 0 Å². The maximum atomic E-state index is 4.32. The third kappa shape index (κ3) is 2.67. The van der Waals surface area contributed by atoms with Gasteiger partial charge in [-0.05, 0) is 25.1 Å². The molecule has 0 saturated carbocycles. The molecule has 0 aliphatic rings. The summed E-state index contributed by atoms with van der Waals surface area (Å²) in [6.07, 6.45) is 8.46. The molecule has 16 heavy (non-hydrogen) atoms. The minimum Gasteiger partial charge on any atom is -0.311 e. The average molecular weight is 216 g/mol. The first-order valence-electron chi connectivity index (χ1n) is 5.54. The highest BCUT2D eigenvalue weighted by atomic mass is 15.0. The Kier molecular flexibility index (Phi) is 3.66. The van der Waals surface area contributed by atoms with Crippen molar-refractivity contribution in [1.82, 2.24) is 19.9 Å². The molecule has 0 unspecified atom stereocenters. The lowest BCUT2D eigenvalue weighted by Crippen LogP contribution is -2.14. The van der Waals surface area contributed by atoms with E-state index in [-0.39, 0.29) is 0 Å². The molecule has 1 N–H and O–H groups in total. The highest BCUT2D eigenvalue weighted by molar-refractivity contribution is 5.31. The van der Waals surface area contributed by atoms with Gasteiger partial charge in [-0.1, -0.05) is 6.92 Å². The molecule has 2 rings (SSSR count). The molecular weight excluding hydrogens is 200 g/mol. The standard InChI is InChI=1S/C12H16N4/c1-2-4-13-9-11-8-12(3-5-15-11)16-7-6-14-10-16/h3,5-8,10,13H,2,4,9H2,1H3. The quantitative estimate of drug-likeness (QED) is 0.774. The lowest BCUT2D eigenvalue weighted by molar-refractivity contribution is 0.664. The zero-order valence-corrected chi connectivity index (χ0v) is 9.43. The van der Waals surface area contributed by atoms with Crippen molar-refractivity contribution in [1.29, 1.82) is 0 Å². The number of nitrogens with zero attached hydrogens (tertiary/aromatic N) is 3. The van der Waals surface area contributed by atoms with Crippen LogP contribution in [0.25, 0.3) is 5.69 Å². The summed E-state index contributed by atoms with van der Waals surface area (Å²) in [5.41, 5.74) is 2.15. The van der Waals surface area contributed by atoms with Gasteiger partial charge in [0.25, 0.3) is 0 Å². The fourth-order valence-corrected chi connectivity index (χ4v) is 1.53. The third-order valence-corrected chi connectivity index (χ3v) is 2.34. The minimum atomic E-state index is 0.816. The van der Waals surface area contributed by atoms with Gasteiger partial charge in [0.15, 0.2) is 0 Å². The molecule has 4 nitrogen and oxygen atoms in total. The maximum Gasteiger partial charge on any atom is 0.0991 e. The highest BCUT2D eigenvalue weighted by Gasteiger charge is 1.98. The summed E-state index contributed by atoms with van der Waals surface area (Å²) in [6, 6.07) is 4.05. The molecule has 4 heteroatoms. The number of rotatable bonds is 5. The average Bonchev–Trinajstić information content (AvgIpc) is 2.83. The van der Waals surface area contributed by atoms with E-state index in [1.165, 1.54) is 0 Å². The van der Waals surface area contributed by atoms with Gasteiger partial charge in [-0.15, -0.1) is 0 Å². The normalized spacial score (nSPS) is 10.6. The SMILES string of the molecule is CCCNCc1cc(-n2ccnc2)ccn1. The van der Waals surface area contributed by atoms with Crippen LogP contribution < -0.4 is 5.32 Å². The number of nitrogens with one attached hydrogen (secondary N) is 1. The van der Waals surface area contributed by atoms with E-state index in [4.69, 9.17) is 0 Å². The number of hydrogen-bond donors (Lipinski definition) is 1. The van der Waals surface area contributed by atoms with Gasteiger partial charge in [0.1, 0.15) is 0 Å². The number of hydrogen-bond acceptors (Lipinski definition) is 3. The molecule has 0 fully saturated rings. The molecule has 0 aromatic carbocycles. The molecule has 84 valence electrons. The number of imidazole rings is 1. The van der Waals surface area contributed by atoms with E-state index in [1.807, 2.05) is 23.0 Å². The van der Waals surface area contributed by atoms with Crippen molar-refractivity contribution in [3.05, 3.63) is 42.7 Å². The Hall–Kier alpha value is -1.68. The van der Waals surface area contributed by atoms with E-state index in [1.54, 1.807) is 12.5 Å². The van der Waals surface area contributed by atoms with Crippen molar-refractivity contribution in [2.24, 2.45) is 0 Å². The molecule has 0 spiro atoms. The molecule has 0 radical (unpaired) electrons. The Morgan fingerprint density at radius 3 is 3.06 bits per heavy atom. The largest absolute Gasteiger partial charge is 0.311 e. The second-order valence-corrected chi connectivity index (χ2v) is 3.65. The zero-order valence-electron chi connectivity index (χ0n) is 9.43. The molecule has 0 aliphatic heterocycles. The Bertz CT molecular complexity index is 422. The fraction of sp³-hybridized carbons (Fsp3) is 0.333. The minimum absolute atomic E-state index is 0.816. The van der Waals surface area contributed by atoms with Gasteiger partial charge in [-0.25, -0.2) is 4.98 Å². The Balaban J connectivity index is 2.08. The van der Waals surface area contributed by atoms with E-state index in [9.17, 15) is 0 Å². The van der Waals surface area contributed by atoms with Crippen LogP contribution in [0.4, 0.5) is 0 Å². The Morgan fingerprint density at radius 2 is 2.31 bits per heavy atom. The van der Waals surface area contributed by atoms with Crippen molar-refractivity contribution in [3.8, 4) is 5.69 Å². The van der Waals surface area contributed by atoms with Gasteiger partial charge in [0, 0.05) is 30.8 Å². The van der Waals surface area contributed by atoms with Crippen molar-refractivity contribution in [3.63, 3.8) is 0 Å². The molecule has 0 atom stereocenters. The summed E-state index contributed by atoms with van der Waals surface area (Å²) < 4.78 is 1.98. The molecule has 2 heterocycles. The van der Waals surface area contributed by atoms with Crippen LogP contribution in [0.15, 0.2) is 37.1 Å². The Morgan fingerprint density at radius 1 is 1.38 bits per heavy atom. The first kappa shape index (κ1) is 10.8. The van der Waals surface area contributed by atoms with E-state index in [0.29, 0.717) is 0 Å². The summed E-state index contributed by atoms with van der Waals surface area (Å²) in [4.78, 5) is 8.36. The second kappa shape index (κ2) is 5.42. The zero-order chi connectivity index (χ0) is 11.2. The van der Waals surface area contributed by atoms with Gasteiger partial charge in [-0.3, -0.25) is 4.98 Å². The van der Waals surface area contributed by atoms with Crippen LogP contribution in [-0.4, -0.2) is 21.1 Å². The lowest BCUT2D eigenvalue weighted by atomic mass is 10.3. The smallest absolute Gasteiger partial charge is 0.0991 e. The Labute approximate surface area is 95.4 Å². The van der Waals surface area contributed by atoms with Gasteiger partial charge < -0.3 is 9.88 Å². The summed E-state index contributed by atoms with van der Waals surface area (Å²) >= 11 is 0. The van der Waals surface area contributed by atoms with Crippen molar-refractivity contribution in [2.75, 3.05) is 6.54 Å². The summed E-state index contributed by atoms with van der Waals surface area (Å²) in [5, 5.41) is 3.34. The lowest BCUT2D eigenvalue weighted by Gasteiger charge is -2.05. The first-order valence-corrected chi connectivity index (χ1v) is 5.54. The molecule has 0 amide bonds. The number of aromatic nitrogens is 3. The highest BCUT2D eigenvalue weighted by Crippen LogP contribution is 2.07. The third-order valence-electron chi connectivity index (χ3n) is 2.34. The van der Waals surface area contributed by atoms with Crippen molar-refractivity contribution in [2.45, 2.75) is 19.9 Å². The van der Waals surface area contributed by atoms with Crippen LogP contribution in [0.1, 0.15) is 19.0 Å².